The SMILES string of the molecule is C/[C]=C\c1ccccc1C(C)C. The van der Waals surface area contributed by atoms with Crippen LogP contribution in [0.5, 0.6) is 0 Å². The van der Waals surface area contributed by atoms with Crippen molar-refractivity contribution in [2.45, 2.75) is 26.7 Å². The lowest BCUT2D eigenvalue weighted by atomic mass is 9.97. The van der Waals surface area contributed by atoms with Gasteiger partial charge < -0.3 is 0 Å². The molecule has 1 aromatic carbocycles. The second-order valence-electron chi connectivity index (χ2n) is 3.22. The van der Waals surface area contributed by atoms with E-state index in [1.165, 1.54) is 11.1 Å². The maximum atomic E-state index is 3.05. The Kier molecular flexibility index (Phi) is 3.09. The summed E-state index contributed by atoms with van der Waals surface area (Å²) >= 11 is 0. The molecule has 1 rings (SSSR count). The van der Waals surface area contributed by atoms with Gasteiger partial charge in [0.1, 0.15) is 0 Å². The van der Waals surface area contributed by atoms with Crippen LogP contribution < -0.4 is 0 Å². The molecule has 0 N–H and O–H groups in total. The summed E-state index contributed by atoms with van der Waals surface area (Å²) in [5.41, 5.74) is 2.68. The van der Waals surface area contributed by atoms with Gasteiger partial charge in [0.05, 0.1) is 0 Å². The highest BCUT2D eigenvalue weighted by molar-refractivity contribution is 5.52. The summed E-state index contributed by atoms with van der Waals surface area (Å²) in [4.78, 5) is 0. The van der Waals surface area contributed by atoms with Crippen LogP contribution in [0.4, 0.5) is 0 Å². The van der Waals surface area contributed by atoms with E-state index >= 15 is 0 Å². The molecule has 0 heteroatoms. The minimum atomic E-state index is 0.589. The molecule has 0 aliphatic rings. The third-order valence-electron chi connectivity index (χ3n) is 1.92. The van der Waals surface area contributed by atoms with Crippen molar-refractivity contribution < 1.29 is 0 Å². The largest absolute Gasteiger partial charge is 0.0619 e. The van der Waals surface area contributed by atoms with Gasteiger partial charge in [0.25, 0.3) is 0 Å². The van der Waals surface area contributed by atoms with Crippen LogP contribution in [0.2, 0.25) is 0 Å². The Bertz CT molecular complexity index is 269. The van der Waals surface area contributed by atoms with Crippen LogP contribution in [0.15, 0.2) is 24.3 Å². The first-order valence-corrected chi connectivity index (χ1v) is 4.35. The van der Waals surface area contributed by atoms with Gasteiger partial charge in [-0.25, -0.2) is 0 Å². The standard InChI is InChI=1S/C12H15/c1-4-7-11-8-5-6-9-12(11)10(2)3/h5-10H,1-3H3. The Balaban J connectivity index is 3.08. The van der Waals surface area contributed by atoms with Gasteiger partial charge in [-0.05, 0) is 30.0 Å². The van der Waals surface area contributed by atoms with Crippen LogP contribution in [-0.2, 0) is 0 Å². The minimum Gasteiger partial charge on any atom is -0.0619 e. The predicted molar refractivity (Wildman–Crippen MR) is 53.9 cm³/mol. The van der Waals surface area contributed by atoms with Gasteiger partial charge in [-0.1, -0.05) is 44.2 Å². The van der Waals surface area contributed by atoms with Crippen molar-refractivity contribution in [2.75, 3.05) is 0 Å². The summed E-state index contributed by atoms with van der Waals surface area (Å²) in [6.07, 6.45) is 5.09. The van der Waals surface area contributed by atoms with E-state index in [-0.39, 0.29) is 0 Å². The highest BCUT2D eigenvalue weighted by Crippen LogP contribution is 2.19. The summed E-state index contributed by atoms with van der Waals surface area (Å²) < 4.78 is 0. The van der Waals surface area contributed by atoms with Crippen molar-refractivity contribution in [2.24, 2.45) is 0 Å². The molecule has 1 radical (unpaired) electrons. The van der Waals surface area contributed by atoms with Gasteiger partial charge in [0.15, 0.2) is 0 Å². The van der Waals surface area contributed by atoms with Crippen molar-refractivity contribution in [3.8, 4) is 0 Å². The lowest BCUT2D eigenvalue weighted by molar-refractivity contribution is 0.864. The van der Waals surface area contributed by atoms with Gasteiger partial charge in [0, 0.05) is 0 Å². The first-order valence-electron chi connectivity index (χ1n) is 4.35. The van der Waals surface area contributed by atoms with Crippen molar-refractivity contribution in [1.82, 2.24) is 0 Å². The smallest absolute Gasteiger partial charge is 0.0213 e. The van der Waals surface area contributed by atoms with Crippen LogP contribution in [0.3, 0.4) is 0 Å². The molecular weight excluding hydrogens is 144 g/mol. The van der Waals surface area contributed by atoms with E-state index in [1.54, 1.807) is 0 Å². The summed E-state index contributed by atoms with van der Waals surface area (Å²) in [6, 6.07) is 8.46. The maximum absolute atomic E-state index is 3.05. The number of allylic oxidation sites excluding steroid dienone is 1. The molecule has 63 valence electrons. The van der Waals surface area contributed by atoms with Crippen LogP contribution >= 0.6 is 0 Å². The fourth-order valence-electron chi connectivity index (χ4n) is 1.32. The second kappa shape index (κ2) is 4.10. The van der Waals surface area contributed by atoms with Gasteiger partial charge in [-0.15, -0.1) is 0 Å². The molecule has 12 heavy (non-hydrogen) atoms. The molecule has 0 aliphatic carbocycles. The topological polar surface area (TPSA) is 0 Å². The van der Waals surface area contributed by atoms with E-state index in [0.717, 1.165) is 0 Å². The first-order chi connectivity index (χ1) is 5.75. The summed E-state index contributed by atoms with van der Waals surface area (Å²) in [5, 5.41) is 0. The van der Waals surface area contributed by atoms with E-state index in [4.69, 9.17) is 0 Å². The molecule has 0 fully saturated rings. The van der Waals surface area contributed by atoms with E-state index in [1.807, 2.05) is 13.0 Å². The summed E-state index contributed by atoms with van der Waals surface area (Å²) in [6.45, 7) is 6.35. The fourth-order valence-corrected chi connectivity index (χ4v) is 1.32. The molecule has 0 bridgehead atoms. The molecule has 0 spiro atoms. The molecule has 0 nitrogen and oxygen atoms in total. The number of hydrogen-bond acceptors (Lipinski definition) is 0. The van der Waals surface area contributed by atoms with Crippen LogP contribution in [-0.4, -0.2) is 0 Å². The minimum absolute atomic E-state index is 0.589. The van der Waals surface area contributed by atoms with Crippen molar-refractivity contribution >= 4 is 6.08 Å². The predicted octanol–water partition coefficient (Wildman–Crippen LogP) is 3.65. The Labute approximate surface area is 74.9 Å². The average Bonchev–Trinajstić information content (AvgIpc) is 2.05. The first kappa shape index (κ1) is 9.05. The van der Waals surface area contributed by atoms with E-state index < -0.39 is 0 Å². The lowest BCUT2D eigenvalue weighted by Gasteiger charge is -2.08. The van der Waals surface area contributed by atoms with Crippen LogP contribution in [0.25, 0.3) is 6.08 Å². The molecular formula is C12H15. The average molecular weight is 159 g/mol. The van der Waals surface area contributed by atoms with Gasteiger partial charge in [-0.2, -0.15) is 0 Å². The molecule has 0 saturated heterocycles. The zero-order chi connectivity index (χ0) is 8.97. The highest BCUT2D eigenvalue weighted by atomic mass is 14.1. The number of benzene rings is 1. The van der Waals surface area contributed by atoms with E-state index in [0.29, 0.717) is 5.92 Å². The zero-order valence-corrected chi connectivity index (χ0v) is 7.96. The third-order valence-corrected chi connectivity index (χ3v) is 1.92. The Morgan fingerprint density at radius 2 is 1.92 bits per heavy atom. The summed E-state index contributed by atoms with van der Waals surface area (Å²) in [5.74, 6) is 0.589. The third kappa shape index (κ3) is 1.97. The zero-order valence-electron chi connectivity index (χ0n) is 7.96. The fraction of sp³-hybridized carbons (Fsp3) is 0.333. The van der Waals surface area contributed by atoms with Gasteiger partial charge in [0.2, 0.25) is 0 Å². The van der Waals surface area contributed by atoms with Crippen LogP contribution in [0, 0.1) is 6.08 Å². The maximum Gasteiger partial charge on any atom is -0.0213 e. The van der Waals surface area contributed by atoms with Crippen molar-refractivity contribution in [3.05, 3.63) is 41.5 Å². The Morgan fingerprint density at radius 3 is 2.50 bits per heavy atom. The molecule has 0 aliphatic heterocycles. The molecule has 0 heterocycles. The Hall–Kier alpha value is -1.04. The van der Waals surface area contributed by atoms with Crippen LogP contribution in [0.1, 0.15) is 37.8 Å². The lowest BCUT2D eigenvalue weighted by Crippen LogP contribution is -1.90. The molecule has 0 atom stereocenters. The van der Waals surface area contributed by atoms with E-state index in [9.17, 15) is 0 Å². The number of hydrogen-bond donors (Lipinski definition) is 0. The molecule has 0 amide bonds. The van der Waals surface area contributed by atoms with Gasteiger partial charge >= 0.3 is 0 Å². The Morgan fingerprint density at radius 1 is 1.25 bits per heavy atom. The molecule has 0 aromatic heterocycles. The number of rotatable bonds is 2. The second-order valence-corrected chi connectivity index (χ2v) is 3.22. The quantitative estimate of drug-likeness (QED) is 0.618. The van der Waals surface area contributed by atoms with Crippen molar-refractivity contribution in [3.63, 3.8) is 0 Å². The molecule has 0 unspecified atom stereocenters. The summed E-state index contributed by atoms with van der Waals surface area (Å²) in [7, 11) is 0. The van der Waals surface area contributed by atoms with Crippen molar-refractivity contribution in [1.29, 1.82) is 0 Å². The highest BCUT2D eigenvalue weighted by Gasteiger charge is 2.01. The molecule has 1 aromatic rings. The van der Waals surface area contributed by atoms with Gasteiger partial charge in [-0.3, -0.25) is 0 Å². The normalized spacial score (nSPS) is 11.3. The van der Waals surface area contributed by atoms with E-state index in [2.05, 4.69) is 44.2 Å². The monoisotopic (exact) mass is 159 g/mol. The molecule has 0 saturated carbocycles.